The predicted molar refractivity (Wildman–Crippen MR) is 66.6 cm³/mol. The van der Waals surface area contributed by atoms with Gasteiger partial charge in [0.2, 0.25) is 0 Å². The fourth-order valence-electron chi connectivity index (χ4n) is 1.80. The lowest BCUT2D eigenvalue weighted by atomic mass is 10.1. The summed E-state index contributed by atoms with van der Waals surface area (Å²) in [6, 6.07) is 13.6. The molecule has 3 aromatic rings. The molecule has 0 spiro atoms. The topological polar surface area (TPSA) is 13.1 Å². The molecule has 2 aromatic carbocycles. The summed E-state index contributed by atoms with van der Waals surface area (Å²) in [7, 11) is 0. The second-order valence-corrected chi connectivity index (χ2v) is 4.24. The zero-order valence-electron chi connectivity index (χ0n) is 8.78. The molecule has 0 unspecified atom stereocenters. The zero-order chi connectivity index (χ0) is 11.8. The van der Waals surface area contributed by atoms with Crippen molar-refractivity contribution in [2.75, 3.05) is 0 Å². The number of hydrogen-bond acceptors (Lipinski definition) is 1. The summed E-state index contributed by atoms with van der Waals surface area (Å²) >= 11 is 5.90. The number of halogens is 2. The molecular weight excluding hydrogens is 239 g/mol. The molecule has 0 saturated carbocycles. The molecule has 3 heteroatoms. The minimum absolute atomic E-state index is 0.277. The van der Waals surface area contributed by atoms with Crippen LogP contribution < -0.4 is 0 Å². The average Bonchev–Trinajstić information content (AvgIpc) is 2.72. The van der Waals surface area contributed by atoms with Crippen LogP contribution in [0.3, 0.4) is 0 Å². The standard InChI is InChI=1S/C14H8ClFO/c15-11-4-5-13-10(6-11)8-14(17-13)9-2-1-3-12(16)7-9/h1-8H. The lowest BCUT2D eigenvalue weighted by molar-refractivity contribution is 0.618. The number of benzene rings is 2. The number of rotatable bonds is 1. The maximum absolute atomic E-state index is 13.1. The fourth-order valence-corrected chi connectivity index (χ4v) is 1.98. The number of fused-ring (bicyclic) bond motifs is 1. The molecule has 0 aliphatic rings. The minimum atomic E-state index is -0.277. The van der Waals surface area contributed by atoms with Gasteiger partial charge in [-0.15, -0.1) is 0 Å². The maximum Gasteiger partial charge on any atom is 0.135 e. The summed E-state index contributed by atoms with van der Waals surface area (Å²) in [5.41, 5.74) is 1.46. The van der Waals surface area contributed by atoms with Crippen molar-refractivity contribution in [1.82, 2.24) is 0 Å². The summed E-state index contributed by atoms with van der Waals surface area (Å²) in [6.45, 7) is 0. The SMILES string of the molecule is Fc1cccc(-c2cc3cc(Cl)ccc3o2)c1. The average molecular weight is 247 g/mol. The van der Waals surface area contributed by atoms with Crippen LogP contribution in [-0.4, -0.2) is 0 Å². The predicted octanol–water partition coefficient (Wildman–Crippen LogP) is 4.89. The third-order valence-electron chi connectivity index (χ3n) is 2.59. The molecule has 0 fully saturated rings. The van der Waals surface area contributed by atoms with E-state index in [-0.39, 0.29) is 5.82 Å². The highest BCUT2D eigenvalue weighted by atomic mass is 35.5. The Morgan fingerprint density at radius 3 is 2.71 bits per heavy atom. The Balaban J connectivity index is 2.18. The Morgan fingerprint density at radius 1 is 1.00 bits per heavy atom. The van der Waals surface area contributed by atoms with Crippen molar-refractivity contribution in [2.24, 2.45) is 0 Å². The highest BCUT2D eigenvalue weighted by Crippen LogP contribution is 2.29. The fraction of sp³-hybridized carbons (Fsp3) is 0. The van der Waals surface area contributed by atoms with Gasteiger partial charge >= 0.3 is 0 Å². The van der Waals surface area contributed by atoms with Gasteiger partial charge in [-0.05, 0) is 36.4 Å². The van der Waals surface area contributed by atoms with Crippen LogP contribution in [-0.2, 0) is 0 Å². The molecule has 1 nitrogen and oxygen atoms in total. The first-order valence-corrected chi connectivity index (χ1v) is 5.55. The molecule has 17 heavy (non-hydrogen) atoms. The van der Waals surface area contributed by atoms with Crippen LogP contribution in [0, 0.1) is 5.82 Å². The third-order valence-corrected chi connectivity index (χ3v) is 2.82. The van der Waals surface area contributed by atoms with E-state index in [2.05, 4.69) is 0 Å². The second-order valence-electron chi connectivity index (χ2n) is 3.80. The lowest BCUT2D eigenvalue weighted by Crippen LogP contribution is -1.75. The monoisotopic (exact) mass is 246 g/mol. The van der Waals surface area contributed by atoms with Gasteiger partial charge in [0.1, 0.15) is 17.2 Å². The molecule has 1 aromatic heterocycles. The van der Waals surface area contributed by atoms with Gasteiger partial charge in [-0.1, -0.05) is 23.7 Å². The van der Waals surface area contributed by atoms with Crippen molar-refractivity contribution in [2.45, 2.75) is 0 Å². The van der Waals surface area contributed by atoms with Crippen molar-refractivity contribution in [3.05, 3.63) is 59.4 Å². The normalized spacial score (nSPS) is 10.9. The molecule has 0 aliphatic heterocycles. The lowest BCUT2D eigenvalue weighted by Gasteiger charge is -1.95. The van der Waals surface area contributed by atoms with Crippen molar-refractivity contribution in [3.8, 4) is 11.3 Å². The van der Waals surface area contributed by atoms with Crippen LogP contribution in [0.1, 0.15) is 0 Å². The Bertz CT molecular complexity index is 688. The van der Waals surface area contributed by atoms with Gasteiger partial charge in [0.25, 0.3) is 0 Å². The molecule has 1 heterocycles. The van der Waals surface area contributed by atoms with E-state index in [0.29, 0.717) is 10.8 Å². The van der Waals surface area contributed by atoms with Gasteiger partial charge in [-0.25, -0.2) is 4.39 Å². The van der Waals surface area contributed by atoms with Gasteiger partial charge in [0.05, 0.1) is 0 Å². The molecular formula is C14H8ClFO. The van der Waals surface area contributed by atoms with Crippen molar-refractivity contribution >= 4 is 22.6 Å². The minimum Gasteiger partial charge on any atom is -0.456 e. The summed E-state index contributed by atoms with van der Waals surface area (Å²) in [4.78, 5) is 0. The summed E-state index contributed by atoms with van der Waals surface area (Å²) < 4.78 is 18.7. The van der Waals surface area contributed by atoms with E-state index in [1.54, 1.807) is 18.2 Å². The maximum atomic E-state index is 13.1. The number of furan rings is 1. The van der Waals surface area contributed by atoms with E-state index >= 15 is 0 Å². The van der Waals surface area contributed by atoms with Crippen LogP contribution >= 0.6 is 11.6 Å². The van der Waals surface area contributed by atoms with Gasteiger partial charge in [0, 0.05) is 16.0 Å². The van der Waals surface area contributed by atoms with Crippen molar-refractivity contribution in [1.29, 1.82) is 0 Å². The van der Waals surface area contributed by atoms with E-state index in [1.807, 2.05) is 18.2 Å². The first-order chi connectivity index (χ1) is 8.22. The molecule has 3 rings (SSSR count). The Kier molecular flexibility index (Phi) is 2.37. The molecule has 0 atom stereocenters. The van der Waals surface area contributed by atoms with Gasteiger partial charge in [-0.3, -0.25) is 0 Å². The van der Waals surface area contributed by atoms with Gasteiger partial charge in [0.15, 0.2) is 0 Å². The van der Waals surface area contributed by atoms with E-state index in [4.69, 9.17) is 16.0 Å². The quantitative estimate of drug-likeness (QED) is 0.596. The smallest absolute Gasteiger partial charge is 0.135 e. The molecule has 0 bridgehead atoms. The molecule has 0 N–H and O–H groups in total. The third kappa shape index (κ3) is 1.92. The van der Waals surface area contributed by atoms with Crippen LogP contribution in [0.5, 0.6) is 0 Å². The van der Waals surface area contributed by atoms with E-state index < -0.39 is 0 Å². The largest absolute Gasteiger partial charge is 0.456 e. The van der Waals surface area contributed by atoms with Gasteiger partial charge in [-0.2, -0.15) is 0 Å². The van der Waals surface area contributed by atoms with Crippen LogP contribution in [0.15, 0.2) is 52.9 Å². The second kappa shape index (κ2) is 3.90. The van der Waals surface area contributed by atoms with Crippen molar-refractivity contribution in [3.63, 3.8) is 0 Å². The number of hydrogen-bond donors (Lipinski definition) is 0. The van der Waals surface area contributed by atoms with Crippen molar-refractivity contribution < 1.29 is 8.81 Å². The van der Waals surface area contributed by atoms with E-state index in [1.165, 1.54) is 12.1 Å². The Labute approximate surface area is 102 Å². The highest BCUT2D eigenvalue weighted by Gasteiger charge is 2.07. The molecule has 0 saturated heterocycles. The summed E-state index contributed by atoms with van der Waals surface area (Å²) in [5.74, 6) is 0.364. The summed E-state index contributed by atoms with van der Waals surface area (Å²) in [5, 5.41) is 1.57. The Hall–Kier alpha value is -1.80. The summed E-state index contributed by atoms with van der Waals surface area (Å²) in [6.07, 6.45) is 0. The molecule has 0 aliphatic carbocycles. The van der Waals surface area contributed by atoms with Crippen LogP contribution in [0.2, 0.25) is 5.02 Å². The molecule has 0 radical (unpaired) electrons. The van der Waals surface area contributed by atoms with Crippen LogP contribution in [0.25, 0.3) is 22.3 Å². The molecule has 84 valence electrons. The first-order valence-electron chi connectivity index (χ1n) is 5.17. The Morgan fingerprint density at radius 2 is 1.88 bits per heavy atom. The van der Waals surface area contributed by atoms with Crippen LogP contribution in [0.4, 0.5) is 4.39 Å². The van der Waals surface area contributed by atoms with Gasteiger partial charge < -0.3 is 4.42 Å². The first kappa shape index (κ1) is 10.4. The highest BCUT2D eigenvalue weighted by molar-refractivity contribution is 6.31. The molecule has 0 amide bonds. The van der Waals surface area contributed by atoms with E-state index in [0.717, 1.165) is 16.5 Å². The van der Waals surface area contributed by atoms with E-state index in [9.17, 15) is 4.39 Å². The zero-order valence-corrected chi connectivity index (χ0v) is 9.54.